The number of hydrogen-bond acceptors (Lipinski definition) is 8. The minimum Gasteiger partial charge on any atom is -0.478 e. The zero-order chi connectivity index (χ0) is 32.2. The van der Waals surface area contributed by atoms with Crippen molar-refractivity contribution in [3.63, 3.8) is 0 Å². The Morgan fingerprint density at radius 1 is 0.911 bits per heavy atom. The summed E-state index contributed by atoms with van der Waals surface area (Å²) >= 11 is 0. The van der Waals surface area contributed by atoms with Gasteiger partial charge in [-0.25, -0.2) is 14.6 Å². The van der Waals surface area contributed by atoms with Crippen LogP contribution in [0, 0.1) is 0 Å². The minimum absolute atomic E-state index is 0.0162. The standard InChI is InChI=1S/C30H38N6O.C4H4O4/c1-30(2,3)29-32-27-16-15-26(33-36(27)34-29)31-19-10-20-35-21-17-25(18-22-35)37-28(23-11-6-4-7-12-23)24-13-8-5-9-14-24;5-3(6)1-2-4(7)8/h4-9,11-16,25,28H,10,17-22H2,1-3H3,(H,31,33);1-2H,(H,5,6)(H,7,8)/b;2-1+. The first kappa shape index (κ1) is 33.3. The summed E-state index contributed by atoms with van der Waals surface area (Å²) in [6.07, 6.45) is 4.56. The second kappa shape index (κ2) is 15.9. The number of rotatable bonds is 11. The summed E-state index contributed by atoms with van der Waals surface area (Å²) in [5.41, 5.74) is 3.12. The van der Waals surface area contributed by atoms with Gasteiger partial charge < -0.3 is 25.2 Å². The molecule has 0 atom stereocenters. The molecule has 11 heteroatoms. The fraction of sp³-hybridized carbons (Fsp3) is 0.382. The average molecular weight is 615 g/mol. The third-order valence-electron chi connectivity index (χ3n) is 7.27. The van der Waals surface area contributed by atoms with Crippen LogP contribution in [-0.4, -0.2) is 79.1 Å². The molecule has 0 spiro atoms. The number of hydrogen-bond donors (Lipinski definition) is 3. The van der Waals surface area contributed by atoms with Crippen LogP contribution in [0.3, 0.4) is 0 Å². The van der Waals surface area contributed by atoms with Crippen LogP contribution in [0.4, 0.5) is 5.82 Å². The first-order valence-corrected chi connectivity index (χ1v) is 15.2. The number of aromatic nitrogens is 4. The Bertz CT molecular complexity index is 1490. The third kappa shape index (κ3) is 10.5. The van der Waals surface area contributed by atoms with Gasteiger partial charge in [0.05, 0.1) is 6.10 Å². The average Bonchev–Trinajstić information content (AvgIpc) is 3.47. The molecule has 1 aliphatic rings. The maximum Gasteiger partial charge on any atom is 0.328 e. The van der Waals surface area contributed by atoms with Crippen LogP contribution in [0.25, 0.3) is 5.65 Å². The Balaban J connectivity index is 0.000000510. The second-order valence-corrected chi connectivity index (χ2v) is 11.9. The van der Waals surface area contributed by atoms with Gasteiger partial charge >= 0.3 is 11.9 Å². The quantitative estimate of drug-likeness (QED) is 0.152. The van der Waals surface area contributed by atoms with Crippen molar-refractivity contribution in [2.75, 3.05) is 31.5 Å². The molecule has 1 saturated heterocycles. The lowest BCUT2D eigenvalue weighted by molar-refractivity contribution is -0.134. The number of carboxylic acids is 2. The molecule has 238 valence electrons. The van der Waals surface area contributed by atoms with E-state index in [0.717, 1.165) is 62.7 Å². The molecule has 1 aliphatic heterocycles. The third-order valence-corrected chi connectivity index (χ3v) is 7.27. The van der Waals surface area contributed by atoms with Crippen molar-refractivity contribution in [1.29, 1.82) is 0 Å². The van der Waals surface area contributed by atoms with Crippen LogP contribution in [-0.2, 0) is 19.7 Å². The molecule has 0 saturated carbocycles. The van der Waals surface area contributed by atoms with Crippen molar-refractivity contribution in [2.24, 2.45) is 0 Å². The van der Waals surface area contributed by atoms with Gasteiger partial charge in [0.2, 0.25) is 0 Å². The lowest BCUT2D eigenvalue weighted by atomic mass is 9.96. The lowest BCUT2D eigenvalue weighted by Gasteiger charge is -2.34. The van der Waals surface area contributed by atoms with E-state index in [1.54, 1.807) is 4.63 Å². The van der Waals surface area contributed by atoms with Crippen molar-refractivity contribution in [3.05, 3.63) is 102 Å². The Hall–Kier alpha value is -4.61. The molecule has 0 aliphatic carbocycles. The number of benzene rings is 2. The van der Waals surface area contributed by atoms with Crippen LogP contribution in [0.5, 0.6) is 0 Å². The van der Waals surface area contributed by atoms with Gasteiger partial charge in [-0.1, -0.05) is 81.4 Å². The van der Waals surface area contributed by atoms with Gasteiger partial charge in [0.15, 0.2) is 11.5 Å². The van der Waals surface area contributed by atoms with E-state index in [2.05, 4.69) is 107 Å². The number of nitrogens with one attached hydrogen (secondary N) is 1. The molecule has 0 radical (unpaired) electrons. The molecule has 0 unspecified atom stereocenters. The molecule has 5 rings (SSSR count). The van der Waals surface area contributed by atoms with Crippen molar-refractivity contribution in [1.82, 2.24) is 24.7 Å². The van der Waals surface area contributed by atoms with Crippen LogP contribution >= 0.6 is 0 Å². The molecule has 1 fully saturated rings. The molecule has 11 nitrogen and oxygen atoms in total. The monoisotopic (exact) mass is 614 g/mol. The molecule has 45 heavy (non-hydrogen) atoms. The number of likely N-dealkylation sites (tertiary alicyclic amines) is 1. The highest BCUT2D eigenvalue weighted by molar-refractivity contribution is 5.89. The first-order valence-electron chi connectivity index (χ1n) is 15.2. The molecule has 3 N–H and O–H groups in total. The first-order chi connectivity index (χ1) is 21.6. The number of anilines is 1. The van der Waals surface area contributed by atoms with E-state index in [0.29, 0.717) is 12.2 Å². The van der Waals surface area contributed by atoms with Crippen LogP contribution in [0.1, 0.15) is 63.1 Å². The fourth-order valence-corrected chi connectivity index (χ4v) is 4.92. The van der Waals surface area contributed by atoms with Crippen molar-refractivity contribution >= 4 is 23.4 Å². The molecule has 0 bridgehead atoms. The van der Waals surface area contributed by atoms with Gasteiger partial charge in [0.25, 0.3) is 0 Å². The van der Waals surface area contributed by atoms with Crippen molar-refractivity contribution < 1.29 is 24.5 Å². The van der Waals surface area contributed by atoms with Gasteiger partial charge in [-0.15, -0.1) is 14.8 Å². The number of carboxylic acid groups (broad SMARTS) is 2. The number of nitrogens with zero attached hydrogens (tertiary/aromatic N) is 5. The normalized spacial score (nSPS) is 14.4. The van der Waals surface area contributed by atoms with Gasteiger partial charge in [-0.05, 0) is 49.1 Å². The van der Waals surface area contributed by atoms with E-state index >= 15 is 0 Å². The molecular weight excluding hydrogens is 572 g/mol. The molecule has 2 aromatic carbocycles. The SMILES string of the molecule is CC(C)(C)c1nc2ccc(NCCCN3CCC(OC(c4ccccc4)c4ccccc4)CC3)nn2n1.O=C(O)/C=C/C(=O)O. The van der Waals surface area contributed by atoms with Gasteiger partial charge in [0, 0.05) is 37.2 Å². The maximum atomic E-state index is 9.55. The summed E-state index contributed by atoms with van der Waals surface area (Å²) in [5.74, 6) is -0.874. The predicted octanol–water partition coefficient (Wildman–Crippen LogP) is 5.21. The zero-order valence-corrected chi connectivity index (χ0v) is 26.0. The Morgan fingerprint density at radius 3 is 2.02 bits per heavy atom. The number of ether oxygens (including phenoxy) is 1. The lowest BCUT2D eigenvalue weighted by Crippen LogP contribution is -2.38. The van der Waals surface area contributed by atoms with E-state index in [9.17, 15) is 9.59 Å². The van der Waals surface area contributed by atoms with Gasteiger partial charge in [-0.2, -0.15) is 0 Å². The molecule has 4 aromatic rings. The largest absolute Gasteiger partial charge is 0.478 e. The van der Waals surface area contributed by atoms with Crippen molar-refractivity contribution in [3.8, 4) is 0 Å². The highest BCUT2D eigenvalue weighted by atomic mass is 16.5. The van der Waals surface area contributed by atoms with Crippen LogP contribution in [0.2, 0.25) is 0 Å². The highest BCUT2D eigenvalue weighted by Gasteiger charge is 2.24. The Morgan fingerprint density at radius 2 is 1.49 bits per heavy atom. The molecule has 2 aromatic heterocycles. The summed E-state index contributed by atoms with van der Waals surface area (Å²) in [6.45, 7) is 10.4. The summed E-state index contributed by atoms with van der Waals surface area (Å²) in [4.78, 5) is 26.2. The van der Waals surface area contributed by atoms with E-state index in [-0.39, 0.29) is 17.6 Å². The summed E-state index contributed by atoms with van der Waals surface area (Å²) < 4.78 is 8.32. The van der Waals surface area contributed by atoms with Crippen LogP contribution < -0.4 is 5.32 Å². The molecule has 3 heterocycles. The molecular formula is C34H42N6O5. The Labute approximate surface area is 263 Å². The van der Waals surface area contributed by atoms with Gasteiger partial charge in [-0.3, -0.25) is 0 Å². The van der Waals surface area contributed by atoms with Crippen LogP contribution in [0.15, 0.2) is 84.9 Å². The summed E-state index contributed by atoms with van der Waals surface area (Å²) in [5, 5.41) is 28.2. The second-order valence-electron chi connectivity index (χ2n) is 11.9. The fourth-order valence-electron chi connectivity index (χ4n) is 4.92. The van der Waals surface area contributed by atoms with E-state index < -0.39 is 11.9 Å². The van der Waals surface area contributed by atoms with E-state index in [1.165, 1.54) is 11.1 Å². The number of fused-ring (bicyclic) bond motifs is 1. The number of aliphatic carboxylic acids is 2. The van der Waals surface area contributed by atoms with Crippen molar-refractivity contribution in [2.45, 2.75) is 57.7 Å². The predicted molar refractivity (Wildman–Crippen MR) is 172 cm³/mol. The summed E-state index contributed by atoms with van der Waals surface area (Å²) in [7, 11) is 0. The Kier molecular flexibility index (Phi) is 11.8. The smallest absolute Gasteiger partial charge is 0.328 e. The topological polar surface area (TPSA) is 142 Å². The van der Waals surface area contributed by atoms with E-state index in [1.807, 2.05) is 12.1 Å². The van der Waals surface area contributed by atoms with E-state index in [4.69, 9.17) is 14.9 Å². The number of carbonyl (C=O) groups is 2. The highest BCUT2D eigenvalue weighted by Crippen LogP contribution is 2.30. The summed E-state index contributed by atoms with van der Waals surface area (Å²) in [6, 6.07) is 25.1. The van der Waals surface area contributed by atoms with Gasteiger partial charge in [0.1, 0.15) is 11.9 Å². The molecule has 0 amide bonds. The number of piperidine rings is 1. The minimum atomic E-state index is -1.26. The zero-order valence-electron chi connectivity index (χ0n) is 26.0. The maximum absolute atomic E-state index is 9.55.